The van der Waals surface area contributed by atoms with Crippen molar-refractivity contribution in [3.05, 3.63) is 57.9 Å². The lowest BCUT2D eigenvalue weighted by Crippen LogP contribution is -2.33. The van der Waals surface area contributed by atoms with Crippen LogP contribution in [-0.4, -0.2) is 50.8 Å². The minimum absolute atomic E-state index is 0.173. The summed E-state index contributed by atoms with van der Waals surface area (Å²) in [4.78, 5) is 30.9. The van der Waals surface area contributed by atoms with E-state index in [1.807, 2.05) is 18.2 Å². The van der Waals surface area contributed by atoms with E-state index in [2.05, 4.69) is 11.9 Å². The molecule has 0 radical (unpaired) electrons. The summed E-state index contributed by atoms with van der Waals surface area (Å²) in [5.74, 6) is 1.64. The van der Waals surface area contributed by atoms with Crippen LogP contribution in [0.15, 0.2) is 41.2 Å². The number of fused-ring (bicyclic) bond motifs is 1. The third-order valence-corrected chi connectivity index (χ3v) is 5.47. The maximum atomic E-state index is 13.5. The van der Waals surface area contributed by atoms with Gasteiger partial charge >= 0.3 is 0 Å². The molecular formula is C25H30N2O6. The van der Waals surface area contributed by atoms with E-state index in [1.54, 1.807) is 30.2 Å². The van der Waals surface area contributed by atoms with Gasteiger partial charge in [0.25, 0.3) is 11.5 Å². The van der Waals surface area contributed by atoms with Crippen LogP contribution in [0.2, 0.25) is 0 Å². The van der Waals surface area contributed by atoms with Gasteiger partial charge in [0.1, 0.15) is 5.75 Å². The van der Waals surface area contributed by atoms with E-state index in [0.29, 0.717) is 46.2 Å². The van der Waals surface area contributed by atoms with Gasteiger partial charge in [-0.25, -0.2) is 0 Å². The van der Waals surface area contributed by atoms with Gasteiger partial charge in [-0.1, -0.05) is 13.3 Å². The predicted molar refractivity (Wildman–Crippen MR) is 127 cm³/mol. The van der Waals surface area contributed by atoms with Crippen LogP contribution >= 0.6 is 0 Å². The van der Waals surface area contributed by atoms with Gasteiger partial charge in [-0.15, -0.1) is 0 Å². The molecule has 0 atom stereocenters. The Balaban J connectivity index is 1.98. The number of benzene rings is 2. The molecule has 33 heavy (non-hydrogen) atoms. The largest absolute Gasteiger partial charge is 0.497 e. The number of aromatic amines is 1. The molecule has 0 aliphatic heterocycles. The third-order valence-electron chi connectivity index (χ3n) is 5.47. The quantitative estimate of drug-likeness (QED) is 0.498. The summed E-state index contributed by atoms with van der Waals surface area (Å²) in [7, 11) is 6.10. The molecule has 1 heterocycles. The van der Waals surface area contributed by atoms with Crippen LogP contribution in [0.3, 0.4) is 0 Å². The number of methoxy groups -OCH3 is 4. The Morgan fingerprint density at radius 3 is 2.21 bits per heavy atom. The average molecular weight is 455 g/mol. The van der Waals surface area contributed by atoms with E-state index >= 15 is 0 Å². The molecule has 0 saturated heterocycles. The first-order valence-electron chi connectivity index (χ1n) is 10.7. The van der Waals surface area contributed by atoms with Crippen molar-refractivity contribution >= 4 is 16.8 Å². The SMILES string of the molecule is CCCCN(Cc1cc2ccc(OC)cc2[nH]c1=O)C(=O)c1cc(OC)c(OC)c(OC)c1. The summed E-state index contributed by atoms with van der Waals surface area (Å²) in [5, 5.41) is 0.862. The molecule has 1 aromatic heterocycles. The molecule has 0 fully saturated rings. The number of H-pyrrole nitrogens is 1. The van der Waals surface area contributed by atoms with E-state index in [0.717, 1.165) is 18.2 Å². The third kappa shape index (κ3) is 5.22. The van der Waals surface area contributed by atoms with Crippen LogP contribution in [0.4, 0.5) is 0 Å². The summed E-state index contributed by atoms with van der Waals surface area (Å²) < 4.78 is 21.4. The van der Waals surface area contributed by atoms with Gasteiger partial charge in [0.15, 0.2) is 11.5 Å². The number of hydrogen-bond acceptors (Lipinski definition) is 6. The Morgan fingerprint density at radius 2 is 1.64 bits per heavy atom. The van der Waals surface area contributed by atoms with Crippen molar-refractivity contribution < 1.29 is 23.7 Å². The van der Waals surface area contributed by atoms with Crippen molar-refractivity contribution in [2.45, 2.75) is 26.3 Å². The van der Waals surface area contributed by atoms with E-state index < -0.39 is 0 Å². The van der Waals surface area contributed by atoms with Gasteiger partial charge in [-0.3, -0.25) is 9.59 Å². The van der Waals surface area contributed by atoms with Crippen molar-refractivity contribution in [2.24, 2.45) is 0 Å². The fraction of sp³-hybridized carbons (Fsp3) is 0.360. The normalized spacial score (nSPS) is 10.7. The highest BCUT2D eigenvalue weighted by Crippen LogP contribution is 2.38. The minimum atomic E-state index is -0.241. The smallest absolute Gasteiger partial charge is 0.254 e. The Labute approximate surface area is 193 Å². The number of carbonyl (C=O) groups is 1. The van der Waals surface area contributed by atoms with Crippen LogP contribution < -0.4 is 24.5 Å². The lowest BCUT2D eigenvalue weighted by Gasteiger charge is -2.23. The van der Waals surface area contributed by atoms with Gasteiger partial charge in [0.2, 0.25) is 5.75 Å². The second-order valence-electron chi connectivity index (χ2n) is 7.57. The van der Waals surface area contributed by atoms with Gasteiger partial charge in [0.05, 0.1) is 40.5 Å². The second-order valence-corrected chi connectivity index (χ2v) is 7.57. The van der Waals surface area contributed by atoms with Crippen LogP contribution in [0.25, 0.3) is 10.9 Å². The molecule has 0 spiro atoms. The van der Waals surface area contributed by atoms with Crippen molar-refractivity contribution in [1.29, 1.82) is 0 Å². The lowest BCUT2D eigenvalue weighted by atomic mass is 10.1. The summed E-state index contributed by atoms with van der Waals surface area (Å²) in [6, 6.07) is 10.6. The number of aromatic nitrogens is 1. The van der Waals surface area contributed by atoms with Gasteiger partial charge in [-0.2, -0.15) is 0 Å². The van der Waals surface area contributed by atoms with Crippen molar-refractivity contribution in [1.82, 2.24) is 9.88 Å². The van der Waals surface area contributed by atoms with Crippen molar-refractivity contribution in [3.63, 3.8) is 0 Å². The number of ether oxygens (including phenoxy) is 4. The van der Waals surface area contributed by atoms with Crippen LogP contribution in [0, 0.1) is 0 Å². The second kappa shape index (κ2) is 10.8. The average Bonchev–Trinajstić information content (AvgIpc) is 2.84. The summed E-state index contributed by atoms with van der Waals surface area (Å²) in [5.41, 5.74) is 1.33. The minimum Gasteiger partial charge on any atom is -0.497 e. The molecular weight excluding hydrogens is 424 g/mol. The summed E-state index contributed by atoms with van der Waals surface area (Å²) in [6.45, 7) is 2.73. The molecule has 8 heteroatoms. The van der Waals surface area contributed by atoms with E-state index in [1.165, 1.54) is 21.3 Å². The number of nitrogens with one attached hydrogen (secondary N) is 1. The van der Waals surface area contributed by atoms with Crippen molar-refractivity contribution in [3.8, 4) is 23.0 Å². The molecule has 0 unspecified atom stereocenters. The predicted octanol–water partition coefficient (Wildman–Crippen LogP) is 4.01. The van der Waals surface area contributed by atoms with Gasteiger partial charge in [0, 0.05) is 23.7 Å². The molecule has 1 amide bonds. The van der Waals surface area contributed by atoms with Crippen molar-refractivity contribution in [2.75, 3.05) is 35.0 Å². The number of pyridine rings is 1. The van der Waals surface area contributed by atoms with E-state index in [-0.39, 0.29) is 18.0 Å². The molecule has 0 bridgehead atoms. The molecule has 1 N–H and O–H groups in total. The first-order valence-corrected chi connectivity index (χ1v) is 10.7. The van der Waals surface area contributed by atoms with E-state index in [4.69, 9.17) is 18.9 Å². The zero-order valence-electron chi connectivity index (χ0n) is 19.7. The summed E-state index contributed by atoms with van der Waals surface area (Å²) in [6.07, 6.45) is 1.71. The fourth-order valence-corrected chi connectivity index (χ4v) is 3.66. The molecule has 176 valence electrons. The molecule has 2 aromatic carbocycles. The molecule has 3 rings (SSSR count). The first kappa shape index (κ1) is 24.0. The molecule has 3 aromatic rings. The highest BCUT2D eigenvalue weighted by molar-refractivity contribution is 5.95. The number of amides is 1. The number of carbonyl (C=O) groups excluding carboxylic acids is 1. The molecule has 8 nitrogen and oxygen atoms in total. The number of rotatable bonds is 10. The highest BCUT2D eigenvalue weighted by Gasteiger charge is 2.22. The van der Waals surface area contributed by atoms with Crippen LogP contribution in [-0.2, 0) is 6.54 Å². The highest BCUT2D eigenvalue weighted by atomic mass is 16.5. The molecule has 0 aliphatic rings. The van der Waals surface area contributed by atoms with Crippen LogP contribution in [0.5, 0.6) is 23.0 Å². The number of hydrogen-bond donors (Lipinski definition) is 1. The zero-order chi connectivity index (χ0) is 24.0. The Bertz CT molecular complexity index is 1160. The maximum absolute atomic E-state index is 13.5. The Morgan fingerprint density at radius 1 is 0.939 bits per heavy atom. The topological polar surface area (TPSA) is 90.1 Å². The van der Waals surface area contributed by atoms with E-state index in [9.17, 15) is 9.59 Å². The Kier molecular flexibility index (Phi) is 7.82. The Hall–Kier alpha value is -3.68. The number of nitrogens with zero attached hydrogens (tertiary/aromatic N) is 1. The van der Waals surface area contributed by atoms with Crippen LogP contribution in [0.1, 0.15) is 35.7 Å². The fourth-order valence-electron chi connectivity index (χ4n) is 3.66. The lowest BCUT2D eigenvalue weighted by molar-refractivity contribution is 0.0739. The van der Waals surface area contributed by atoms with Gasteiger partial charge < -0.3 is 28.8 Å². The number of unbranched alkanes of at least 4 members (excludes halogenated alkanes) is 1. The monoisotopic (exact) mass is 454 g/mol. The standard InChI is InChI=1S/C25H30N2O6/c1-6-7-10-27(25(29)17-12-21(31-3)23(33-5)22(13-17)32-4)15-18-11-16-8-9-19(30-2)14-20(16)26-24(18)28/h8-9,11-14H,6-7,10,15H2,1-5H3,(H,26,28). The summed E-state index contributed by atoms with van der Waals surface area (Å²) >= 11 is 0. The van der Waals surface area contributed by atoms with Gasteiger partial charge in [-0.05, 0) is 42.1 Å². The first-order chi connectivity index (χ1) is 15.9. The maximum Gasteiger partial charge on any atom is 0.254 e. The molecule has 0 aliphatic carbocycles. The molecule has 0 saturated carbocycles. The zero-order valence-corrected chi connectivity index (χ0v) is 19.7.